The van der Waals surface area contributed by atoms with Gasteiger partial charge in [-0.1, -0.05) is 6.07 Å². The predicted octanol–water partition coefficient (Wildman–Crippen LogP) is 3.54. The zero-order chi connectivity index (χ0) is 13.2. The van der Waals surface area contributed by atoms with Crippen LogP contribution in [0.3, 0.4) is 0 Å². The molecule has 1 aromatic heterocycles. The zero-order valence-electron chi connectivity index (χ0n) is 11.2. The third-order valence-electron chi connectivity index (χ3n) is 3.85. The molecule has 0 saturated heterocycles. The molecule has 2 atom stereocenters. The van der Waals surface area contributed by atoms with Crippen LogP contribution in [0.15, 0.2) is 35.0 Å². The fraction of sp³-hybridized carbons (Fsp3) is 0.375. The minimum atomic E-state index is 0.490. The van der Waals surface area contributed by atoms with Gasteiger partial charge in [0.25, 0.3) is 0 Å². The highest BCUT2D eigenvalue weighted by atomic mass is 32.1. The van der Waals surface area contributed by atoms with Crippen LogP contribution >= 0.6 is 11.3 Å². The van der Waals surface area contributed by atoms with Gasteiger partial charge in [-0.05, 0) is 71.8 Å². The molecule has 0 saturated carbocycles. The van der Waals surface area contributed by atoms with E-state index < -0.39 is 0 Å². The van der Waals surface area contributed by atoms with E-state index >= 15 is 0 Å². The van der Waals surface area contributed by atoms with Gasteiger partial charge in [0.15, 0.2) is 0 Å². The van der Waals surface area contributed by atoms with E-state index in [1.165, 1.54) is 23.1 Å². The number of aryl methyl sites for hydroxylation is 1. The standard InChI is InChI=1S/C16H20N2S/c1-11(8-12-6-7-19-10-12)18-16-5-2-13-9-14(17)3-4-15(13)16/h3-4,6-7,9-11,16,18H,2,5,8,17H2,1H3. The molecule has 100 valence electrons. The molecule has 3 N–H and O–H groups in total. The molecule has 0 amide bonds. The van der Waals surface area contributed by atoms with E-state index in [0.717, 1.165) is 18.5 Å². The SMILES string of the molecule is CC(Cc1ccsc1)NC1CCc2cc(N)ccc21. The molecule has 2 aromatic rings. The minimum absolute atomic E-state index is 0.490. The van der Waals surface area contributed by atoms with Gasteiger partial charge in [0.05, 0.1) is 0 Å². The van der Waals surface area contributed by atoms with Crippen molar-refractivity contribution in [3.8, 4) is 0 Å². The fourth-order valence-corrected chi connectivity index (χ4v) is 3.66. The lowest BCUT2D eigenvalue weighted by molar-refractivity contribution is 0.451. The summed E-state index contributed by atoms with van der Waals surface area (Å²) in [5.74, 6) is 0. The molecular formula is C16H20N2S. The first kappa shape index (κ1) is 12.7. The molecule has 3 rings (SSSR count). The molecular weight excluding hydrogens is 252 g/mol. The summed E-state index contributed by atoms with van der Waals surface area (Å²) >= 11 is 1.77. The maximum absolute atomic E-state index is 5.85. The van der Waals surface area contributed by atoms with Crippen molar-refractivity contribution in [2.24, 2.45) is 0 Å². The summed E-state index contributed by atoms with van der Waals surface area (Å²) in [5, 5.41) is 8.14. The summed E-state index contributed by atoms with van der Waals surface area (Å²) in [7, 11) is 0. The Labute approximate surface area is 118 Å². The van der Waals surface area contributed by atoms with Gasteiger partial charge >= 0.3 is 0 Å². The van der Waals surface area contributed by atoms with Gasteiger partial charge < -0.3 is 11.1 Å². The summed E-state index contributed by atoms with van der Waals surface area (Å²) in [6.45, 7) is 2.27. The maximum Gasteiger partial charge on any atom is 0.0328 e. The van der Waals surface area contributed by atoms with Gasteiger partial charge in [-0.15, -0.1) is 0 Å². The fourth-order valence-electron chi connectivity index (χ4n) is 2.98. The van der Waals surface area contributed by atoms with Gasteiger partial charge in [0, 0.05) is 17.8 Å². The normalized spacial score (nSPS) is 19.3. The monoisotopic (exact) mass is 272 g/mol. The van der Waals surface area contributed by atoms with Crippen molar-refractivity contribution in [2.45, 2.75) is 38.3 Å². The third-order valence-corrected chi connectivity index (χ3v) is 4.58. The van der Waals surface area contributed by atoms with Crippen LogP contribution in [-0.4, -0.2) is 6.04 Å². The number of thiophene rings is 1. The molecule has 1 aromatic carbocycles. The van der Waals surface area contributed by atoms with Crippen molar-refractivity contribution < 1.29 is 0 Å². The van der Waals surface area contributed by atoms with Crippen molar-refractivity contribution >= 4 is 17.0 Å². The number of nitrogens with two attached hydrogens (primary N) is 1. The first-order valence-electron chi connectivity index (χ1n) is 6.88. The zero-order valence-corrected chi connectivity index (χ0v) is 12.0. The summed E-state index contributed by atoms with van der Waals surface area (Å²) in [6, 6.07) is 9.54. The van der Waals surface area contributed by atoms with Crippen LogP contribution in [0.2, 0.25) is 0 Å². The van der Waals surface area contributed by atoms with Crippen LogP contribution in [0.5, 0.6) is 0 Å². The Hall–Kier alpha value is -1.32. The average Bonchev–Trinajstić information content (AvgIpc) is 2.99. The lowest BCUT2D eigenvalue weighted by Crippen LogP contribution is -2.31. The van der Waals surface area contributed by atoms with E-state index in [-0.39, 0.29) is 0 Å². The van der Waals surface area contributed by atoms with Crippen LogP contribution in [0.1, 0.15) is 36.1 Å². The average molecular weight is 272 g/mol. The highest BCUT2D eigenvalue weighted by Gasteiger charge is 2.23. The Morgan fingerprint density at radius 3 is 3.11 bits per heavy atom. The van der Waals surface area contributed by atoms with E-state index in [1.807, 2.05) is 6.07 Å². The topological polar surface area (TPSA) is 38.0 Å². The molecule has 0 spiro atoms. The highest BCUT2D eigenvalue weighted by Crippen LogP contribution is 2.32. The summed E-state index contributed by atoms with van der Waals surface area (Å²) in [6.07, 6.45) is 3.43. The Kier molecular flexibility index (Phi) is 3.58. The van der Waals surface area contributed by atoms with Crippen molar-refractivity contribution in [1.29, 1.82) is 0 Å². The molecule has 1 aliphatic rings. The summed E-state index contributed by atoms with van der Waals surface area (Å²) < 4.78 is 0. The van der Waals surface area contributed by atoms with Gasteiger partial charge in [0.1, 0.15) is 0 Å². The molecule has 0 fully saturated rings. The van der Waals surface area contributed by atoms with Gasteiger partial charge in [-0.3, -0.25) is 0 Å². The largest absolute Gasteiger partial charge is 0.399 e. The number of rotatable bonds is 4. The van der Waals surface area contributed by atoms with E-state index in [0.29, 0.717) is 12.1 Å². The number of fused-ring (bicyclic) bond motifs is 1. The van der Waals surface area contributed by atoms with Crippen LogP contribution < -0.4 is 11.1 Å². The van der Waals surface area contributed by atoms with Gasteiger partial charge in [-0.25, -0.2) is 0 Å². The number of hydrogen-bond acceptors (Lipinski definition) is 3. The third kappa shape index (κ3) is 2.82. The van der Waals surface area contributed by atoms with E-state index in [1.54, 1.807) is 11.3 Å². The second-order valence-corrected chi connectivity index (χ2v) is 6.23. The van der Waals surface area contributed by atoms with Crippen molar-refractivity contribution in [3.05, 3.63) is 51.7 Å². The molecule has 0 aliphatic heterocycles. The molecule has 0 radical (unpaired) electrons. The number of hydrogen-bond donors (Lipinski definition) is 2. The second kappa shape index (κ2) is 5.35. The summed E-state index contributed by atoms with van der Waals surface area (Å²) in [5.41, 5.74) is 11.0. The lowest BCUT2D eigenvalue weighted by atomic mass is 10.0. The Balaban J connectivity index is 1.66. The highest BCUT2D eigenvalue weighted by molar-refractivity contribution is 7.07. The summed E-state index contributed by atoms with van der Waals surface area (Å²) in [4.78, 5) is 0. The first-order valence-corrected chi connectivity index (χ1v) is 7.82. The Morgan fingerprint density at radius 1 is 1.42 bits per heavy atom. The van der Waals surface area contributed by atoms with E-state index in [9.17, 15) is 0 Å². The van der Waals surface area contributed by atoms with Crippen molar-refractivity contribution in [3.63, 3.8) is 0 Å². The number of nitrogens with one attached hydrogen (secondary N) is 1. The number of benzene rings is 1. The second-order valence-electron chi connectivity index (χ2n) is 5.45. The van der Waals surface area contributed by atoms with Crippen LogP contribution in [-0.2, 0) is 12.8 Å². The van der Waals surface area contributed by atoms with Crippen molar-refractivity contribution in [1.82, 2.24) is 5.32 Å². The molecule has 2 unspecified atom stereocenters. The van der Waals surface area contributed by atoms with Crippen LogP contribution in [0, 0.1) is 0 Å². The molecule has 2 nitrogen and oxygen atoms in total. The van der Waals surface area contributed by atoms with Crippen molar-refractivity contribution in [2.75, 3.05) is 5.73 Å². The predicted molar refractivity (Wildman–Crippen MR) is 82.5 cm³/mol. The van der Waals surface area contributed by atoms with Crippen LogP contribution in [0.25, 0.3) is 0 Å². The molecule has 3 heteroatoms. The number of anilines is 1. The maximum atomic E-state index is 5.85. The quantitative estimate of drug-likeness (QED) is 0.836. The molecule has 19 heavy (non-hydrogen) atoms. The van der Waals surface area contributed by atoms with Gasteiger partial charge in [0.2, 0.25) is 0 Å². The van der Waals surface area contributed by atoms with E-state index in [2.05, 4.69) is 41.2 Å². The lowest BCUT2D eigenvalue weighted by Gasteiger charge is -2.20. The number of nitrogen functional groups attached to an aromatic ring is 1. The molecule has 1 aliphatic carbocycles. The molecule has 1 heterocycles. The smallest absolute Gasteiger partial charge is 0.0328 e. The first-order chi connectivity index (χ1) is 9.22. The molecule has 0 bridgehead atoms. The van der Waals surface area contributed by atoms with E-state index in [4.69, 9.17) is 5.73 Å². The van der Waals surface area contributed by atoms with Crippen LogP contribution in [0.4, 0.5) is 5.69 Å². The Bertz CT molecular complexity index is 548. The Morgan fingerprint density at radius 2 is 2.32 bits per heavy atom. The van der Waals surface area contributed by atoms with Gasteiger partial charge in [-0.2, -0.15) is 11.3 Å². The minimum Gasteiger partial charge on any atom is -0.399 e.